The molecule has 0 saturated carbocycles. The summed E-state index contributed by atoms with van der Waals surface area (Å²) in [4.78, 5) is 10.9. The molecule has 0 bridgehead atoms. The third-order valence-electron chi connectivity index (χ3n) is 3.85. The SMILES string of the molecule is CCC(C)OCCOCCCCCCCCCCC(=O)OC. The van der Waals surface area contributed by atoms with Crippen LogP contribution in [-0.2, 0) is 19.0 Å². The van der Waals surface area contributed by atoms with E-state index in [1.165, 1.54) is 39.2 Å². The summed E-state index contributed by atoms with van der Waals surface area (Å²) in [7, 11) is 1.45. The summed E-state index contributed by atoms with van der Waals surface area (Å²) < 4.78 is 15.7. The molecular weight excluding hydrogens is 280 g/mol. The fraction of sp³-hybridized carbons (Fsp3) is 0.944. The maximum Gasteiger partial charge on any atom is 0.305 e. The van der Waals surface area contributed by atoms with Crippen LogP contribution in [0.4, 0.5) is 0 Å². The summed E-state index contributed by atoms with van der Waals surface area (Å²) in [5.41, 5.74) is 0. The van der Waals surface area contributed by atoms with Crippen molar-refractivity contribution in [2.45, 2.75) is 84.2 Å². The summed E-state index contributed by atoms with van der Waals surface area (Å²) in [6, 6.07) is 0. The maximum atomic E-state index is 10.9. The molecule has 0 fully saturated rings. The molecular formula is C18H36O4. The highest BCUT2D eigenvalue weighted by Crippen LogP contribution is 2.10. The van der Waals surface area contributed by atoms with E-state index >= 15 is 0 Å². The highest BCUT2D eigenvalue weighted by molar-refractivity contribution is 5.68. The first kappa shape index (κ1) is 21.4. The number of hydrogen-bond acceptors (Lipinski definition) is 4. The van der Waals surface area contributed by atoms with Gasteiger partial charge in [0.15, 0.2) is 0 Å². The van der Waals surface area contributed by atoms with Gasteiger partial charge in [-0.05, 0) is 26.2 Å². The van der Waals surface area contributed by atoms with Crippen LogP contribution in [0.3, 0.4) is 0 Å². The van der Waals surface area contributed by atoms with Gasteiger partial charge in [-0.25, -0.2) is 0 Å². The van der Waals surface area contributed by atoms with Gasteiger partial charge >= 0.3 is 5.97 Å². The van der Waals surface area contributed by atoms with Crippen molar-refractivity contribution in [3.8, 4) is 0 Å². The second-order valence-corrected chi connectivity index (χ2v) is 5.86. The summed E-state index contributed by atoms with van der Waals surface area (Å²) >= 11 is 0. The summed E-state index contributed by atoms with van der Waals surface area (Å²) in [6.07, 6.45) is 11.5. The molecule has 0 N–H and O–H groups in total. The first-order chi connectivity index (χ1) is 10.7. The van der Waals surface area contributed by atoms with Gasteiger partial charge in [0.1, 0.15) is 0 Å². The first-order valence-corrected chi connectivity index (χ1v) is 8.96. The van der Waals surface area contributed by atoms with E-state index in [0.29, 0.717) is 25.7 Å². The van der Waals surface area contributed by atoms with Gasteiger partial charge in [0.25, 0.3) is 0 Å². The number of esters is 1. The van der Waals surface area contributed by atoms with Crippen LogP contribution in [0.25, 0.3) is 0 Å². The Morgan fingerprint density at radius 1 is 0.864 bits per heavy atom. The van der Waals surface area contributed by atoms with E-state index in [-0.39, 0.29) is 5.97 Å². The van der Waals surface area contributed by atoms with Gasteiger partial charge in [0.05, 0.1) is 26.4 Å². The van der Waals surface area contributed by atoms with Crippen molar-refractivity contribution < 1.29 is 19.0 Å². The molecule has 0 radical (unpaired) electrons. The molecule has 0 aliphatic rings. The molecule has 132 valence electrons. The lowest BCUT2D eigenvalue weighted by atomic mass is 10.1. The van der Waals surface area contributed by atoms with Crippen LogP contribution in [-0.4, -0.2) is 39.0 Å². The predicted octanol–water partition coefficient (Wildman–Crippen LogP) is 4.50. The van der Waals surface area contributed by atoms with E-state index in [1.807, 2.05) is 0 Å². The topological polar surface area (TPSA) is 44.8 Å². The van der Waals surface area contributed by atoms with E-state index < -0.39 is 0 Å². The number of carbonyl (C=O) groups excluding carboxylic acids is 1. The van der Waals surface area contributed by atoms with Gasteiger partial charge in [0.2, 0.25) is 0 Å². The van der Waals surface area contributed by atoms with E-state index in [0.717, 1.165) is 32.3 Å². The first-order valence-electron chi connectivity index (χ1n) is 8.96. The van der Waals surface area contributed by atoms with Crippen molar-refractivity contribution in [2.75, 3.05) is 26.9 Å². The summed E-state index contributed by atoms with van der Waals surface area (Å²) in [6.45, 7) is 6.49. The fourth-order valence-corrected chi connectivity index (χ4v) is 2.16. The average molecular weight is 316 g/mol. The lowest BCUT2D eigenvalue weighted by molar-refractivity contribution is -0.140. The van der Waals surface area contributed by atoms with Crippen molar-refractivity contribution in [3.05, 3.63) is 0 Å². The number of carbonyl (C=O) groups is 1. The van der Waals surface area contributed by atoms with Crippen LogP contribution in [0, 0.1) is 0 Å². The normalized spacial score (nSPS) is 12.3. The Hall–Kier alpha value is -0.610. The van der Waals surface area contributed by atoms with Crippen LogP contribution in [0.2, 0.25) is 0 Å². The molecule has 0 aromatic heterocycles. The molecule has 4 heteroatoms. The van der Waals surface area contributed by atoms with Gasteiger partial charge in [-0.15, -0.1) is 0 Å². The lowest BCUT2D eigenvalue weighted by Gasteiger charge is -2.10. The second-order valence-electron chi connectivity index (χ2n) is 5.86. The Morgan fingerprint density at radius 3 is 2.05 bits per heavy atom. The lowest BCUT2D eigenvalue weighted by Crippen LogP contribution is -2.12. The zero-order chi connectivity index (χ0) is 16.5. The largest absolute Gasteiger partial charge is 0.469 e. The van der Waals surface area contributed by atoms with Gasteiger partial charge in [-0.1, -0.05) is 45.4 Å². The number of hydrogen-bond donors (Lipinski definition) is 0. The quantitative estimate of drug-likeness (QED) is 0.310. The van der Waals surface area contributed by atoms with Crippen molar-refractivity contribution in [2.24, 2.45) is 0 Å². The number of rotatable bonds is 16. The van der Waals surface area contributed by atoms with E-state index in [9.17, 15) is 4.79 Å². The number of methoxy groups -OCH3 is 1. The van der Waals surface area contributed by atoms with E-state index in [2.05, 4.69) is 18.6 Å². The smallest absolute Gasteiger partial charge is 0.305 e. The van der Waals surface area contributed by atoms with Crippen molar-refractivity contribution in [1.29, 1.82) is 0 Å². The van der Waals surface area contributed by atoms with Crippen LogP contribution in [0.5, 0.6) is 0 Å². The Balaban J connectivity index is 3.04. The van der Waals surface area contributed by atoms with Gasteiger partial charge in [-0.3, -0.25) is 4.79 Å². The minimum absolute atomic E-state index is 0.0884. The second kappa shape index (κ2) is 16.8. The van der Waals surface area contributed by atoms with E-state index in [4.69, 9.17) is 9.47 Å². The molecule has 0 rings (SSSR count). The van der Waals surface area contributed by atoms with E-state index in [1.54, 1.807) is 0 Å². The highest BCUT2D eigenvalue weighted by atomic mass is 16.5. The predicted molar refractivity (Wildman–Crippen MR) is 90.1 cm³/mol. The van der Waals surface area contributed by atoms with Crippen LogP contribution in [0.15, 0.2) is 0 Å². The van der Waals surface area contributed by atoms with Crippen LogP contribution in [0.1, 0.15) is 78.1 Å². The molecule has 1 atom stereocenters. The van der Waals surface area contributed by atoms with Gasteiger partial charge < -0.3 is 14.2 Å². The standard InChI is InChI=1S/C18H36O4/c1-4-17(2)22-16-15-21-14-12-10-8-6-5-7-9-11-13-18(19)20-3/h17H,4-16H2,1-3H3. The highest BCUT2D eigenvalue weighted by Gasteiger charge is 1.99. The van der Waals surface area contributed by atoms with Crippen LogP contribution >= 0.6 is 0 Å². The third-order valence-corrected chi connectivity index (χ3v) is 3.85. The Bertz CT molecular complexity index is 243. The maximum absolute atomic E-state index is 10.9. The molecule has 0 aliphatic carbocycles. The molecule has 0 aromatic rings. The number of unbranched alkanes of at least 4 members (excludes halogenated alkanes) is 7. The summed E-state index contributed by atoms with van der Waals surface area (Å²) in [5.74, 6) is -0.0884. The third kappa shape index (κ3) is 15.8. The van der Waals surface area contributed by atoms with Gasteiger partial charge in [-0.2, -0.15) is 0 Å². The Kier molecular flexibility index (Phi) is 16.3. The van der Waals surface area contributed by atoms with Crippen molar-refractivity contribution >= 4 is 5.97 Å². The zero-order valence-corrected chi connectivity index (χ0v) is 14.9. The number of ether oxygens (including phenoxy) is 3. The molecule has 0 heterocycles. The van der Waals surface area contributed by atoms with Crippen molar-refractivity contribution in [3.63, 3.8) is 0 Å². The molecule has 4 nitrogen and oxygen atoms in total. The molecule has 22 heavy (non-hydrogen) atoms. The minimum Gasteiger partial charge on any atom is -0.469 e. The Labute approximate surface area is 136 Å². The Morgan fingerprint density at radius 2 is 1.45 bits per heavy atom. The summed E-state index contributed by atoms with van der Waals surface area (Å²) in [5, 5.41) is 0. The zero-order valence-electron chi connectivity index (χ0n) is 14.9. The monoisotopic (exact) mass is 316 g/mol. The molecule has 0 aromatic carbocycles. The van der Waals surface area contributed by atoms with Crippen LogP contribution < -0.4 is 0 Å². The molecule has 0 saturated heterocycles. The van der Waals surface area contributed by atoms with Gasteiger partial charge in [0, 0.05) is 13.0 Å². The molecule has 0 aliphatic heterocycles. The molecule has 0 amide bonds. The molecule has 1 unspecified atom stereocenters. The minimum atomic E-state index is -0.0884. The average Bonchev–Trinajstić information content (AvgIpc) is 2.54. The fourth-order valence-electron chi connectivity index (χ4n) is 2.16. The molecule has 0 spiro atoms. The van der Waals surface area contributed by atoms with Crippen molar-refractivity contribution in [1.82, 2.24) is 0 Å².